The summed E-state index contributed by atoms with van der Waals surface area (Å²) in [5.74, 6) is -1.77. The number of amides is 1. The number of carbonyl (C=O) groups is 1. The third-order valence-corrected chi connectivity index (χ3v) is 3.53. The number of rotatable bonds is 4. The maximum Gasteiger partial charge on any atom is 0.233 e. The molecule has 1 aliphatic heterocycles. The first-order chi connectivity index (χ1) is 9.58. The van der Waals surface area contributed by atoms with Crippen LogP contribution >= 0.6 is 0 Å². The Morgan fingerprint density at radius 3 is 2.60 bits per heavy atom. The number of nitrogens with one attached hydrogen (secondary N) is 1. The van der Waals surface area contributed by atoms with Crippen LogP contribution in [-0.4, -0.2) is 36.5 Å². The van der Waals surface area contributed by atoms with E-state index in [0.717, 1.165) is 37.6 Å². The normalized spacial score (nSPS) is 17.1. The molecule has 1 saturated heterocycles. The highest BCUT2D eigenvalue weighted by atomic mass is 19.2. The van der Waals surface area contributed by atoms with Gasteiger partial charge in [-0.15, -0.1) is 0 Å². The molecule has 1 aliphatic rings. The van der Waals surface area contributed by atoms with E-state index in [1.165, 1.54) is 6.07 Å². The Morgan fingerprint density at radius 1 is 1.30 bits per heavy atom. The van der Waals surface area contributed by atoms with Crippen molar-refractivity contribution in [1.82, 2.24) is 10.2 Å². The lowest BCUT2D eigenvalue weighted by Gasteiger charge is -2.32. The molecular formula is C14H19F2N3O. The first kappa shape index (κ1) is 14.9. The highest BCUT2D eigenvalue weighted by Crippen LogP contribution is 2.15. The van der Waals surface area contributed by atoms with Gasteiger partial charge in [0.15, 0.2) is 11.6 Å². The number of hydrogen-bond acceptors (Lipinski definition) is 3. The lowest BCUT2D eigenvalue weighted by atomic mass is 10.0. The lowest BCUT2D eigenvalue weighted by Crippen LogP contribution is -2.46. The van der Waals surface area contributed by atoms with E-state index in [4.69, 9.17) is 5.73 Å². The number of benzene rings is 1. The zero-order valence-corrected chi connectivity index (χ0v) is 11.2. The zero-order valence-electron chi connectivity index (χ0n) is 11.2. The molecule has 3 N–H and O–H groups in total. The van der Waals surface area contributed by atoms with E-state index in [0.29, 0.717) is 6.54 Å². The molecule has 0 aliphatic carbocycles. The Morgan fingerprint density at radius 2 is 2.00 bits per heavy atom. The van der Waals surface area contributed by atoms with Gasteiger partial charge in [0.05, 0.1) is 6.54 Å². The van der Waals surface area contributed by atoms with Gasteiger partial charge in [-0.2, -0.15) is 0 Å². The molecular weight excluding hydrogens is 264 g/mol. The molecule has 1 aromatic carbocycles. The van der Waals surface area contributed by atoms with Crippen molar-refractivity contribution in [1.29, 1.82) is 0 Å². The van der Waals surface area contributed by atoms with Crippen molar-refractivity contribution in [2.45, 2.75) is 25.4 Å². The van der Waals surface area contributed by atoms with Gasteiger partial charge >= 0.3 is 0 Å². The summed E-state index contributed by atoms with van der Waals surface area (Å²) < 4.78 is 26.0. The topological polar surface area (TPSA) is 58.4 Å². The third-order valence-electron chi connectivity index (χ3n) is 3.53. The van der Waals surface area contributed by atoms with E-state index in [2.05, 4.69) is 10.2 Å². The standard InChI is InChI=1S/C14H19F2N3O/c15-12-2-1-10(7-13(12)16)9-19-5-3-11(4-6-19)18-14(20)8-17/h1-2,7,11H,3-6,8-9,17H2,(H,18,20). The molecule has 1 aromatic rings. The fraction of sp³-hybridized carbons (Fsp3) is 0.500. The number of likely N-dealkylation sites (tertiary alicyclic amines) is 1. The number of nitrogens with two attached hydrogens (primary N) is 1. The summed E-state index contributed by atoms with van der Waals surface area (Å²) in [6, 6.07) is 4.14. The van der Waals surface area contributed by atoms with Crippen molar-refractivity contribution >= 4 is 5.91 Å². The van der Waals surface area contributed by atoms with Crippen molar-refractivity contribution in [3.8, 4) is 0 Å². The molecule has 1 heterocycles. The minimum absolute atomic E-state index is 0.00900. The van der Waals surface area contributed by atoms with Crippen LogP contribution in [0.15, 0.2) is 18.2 Å². The van der Waals surface area contributed by atoms with Gasteiger partial charge in [-0.3, -0.25) is 9.69 Å². The summed E-state index contributed by atoms with van der Waals surface area (Å²) >= 11 is 0. The van der Waals surface area contributed by atoms with Gasteiger partial charge < -0.3 is 11.1 Å². The third kappa shape index (κ3) is 3.98. The second-order valence-corrected chi connectivity index (χ2v) is 5.07. The van der Waals surface area contributed by atoms with Crippen LogP contribution in [-0.2, 0) is 11.3 Å². The summed E-state index contributed by atoms with van der Waals surface area (Å²) in [4.78, 5) is 13.4. The van der Waals surface area contributed by atoms with E-state index in [1.54, 1.807) is 6.07 Å². The smallest absolute Gasteiger partial charge is 0.233 e. The van der Waals surface area contributed by atoms with Crippen LogP contribution in [0.1, 0.15) is 18.4 Å². The number of carbonyl (C=O) groups excluding carboxylic acids is 1. The molecule has 6 heteroatoms. The van der Waals surface area contributed by atoms with E-state index in [-0.39, 0.29) is 18.5 Å². The predicted molar refractivity (Wildman–Crippen MR) is 71.9 cm³/mol. The molecule has 0 bridgehead atoms. The average Bonchev–Trinajstić information content (AvgIpc) is 2.45. The Kier molecular flexibility index (Phi) is 5.03. The fourth-order valence-electron chi connectivity index (χ4n) is 2.42. The van der Waals surface area contributed by atoms with E-state index in [9.17, 15) is 13.6 Å². The molecule has 1 fully saturated rings. The monoisotopic (exact) mass is 283 g/mol. The number of hydrogen-bond donors (Lipinski definition) is 2. The van der Waals surface area contributed by atoms with E-state index < -0.39 is 11.6 Å². The minimum atomic E-state index is -0.822. The molecule has 0 saturated carbocycles. The Bertz CT molecular complexity index is 473. The second-order valence-electron chi connectivity index (χ2n) is 5.07. The maximum atomic E-state index is 13.1. The van der Waals surface area contributed by atoms with Crippen LogP contribution in [0.2, 0.25) is 0 Å². The number of nitrogens with zero attached hydrogens (tertiary/aromatic N) is 1. The van der Waals surface area contributed by atoms with Gasteiger partial charge in [0.2, 0.25) is 5.91 Å². The van der Waals surface area contributed by atoms with Gasteiger partial charge in [0, 0.05) is 25.7 Å². The SMILES string of the molecule is NCC(=O)NC1CCN(Cc2ccc(F)c(F)c2)CC1. The fourth-order valence-corrected chi connectivity index (χ4v) is 2.42. The zero-order chi connectivity index (χ0) is 14.5. The van der Waals surface area contributed by atoms with Crippen LogP contribution in [0.25, 0.3) is 0 Å². The van der Waals surface area contributed by atoms with Crippen LogP contribution in [0, 0.1) is 11.6 Å². The summed E-state index contributed by atoms with van der Waals surface area (Å²) in [5, 5.41) is 2.87. The highest BCUT2D eigenvalue weighted by Gasteiger charge is 2.20. The van der Waals surface area contributed by atoms with Gasteiger partial charge in [-0.25, -0.2) is 8.78 Å². The molecule has 0 unspecified atom stereocenters. The summed E-state index contributed by atoms with van der Waals surface area (Å²) in [6.07, 6.45) is 1.69. The van der Waals surface area contributed by atoms with Crippen molar-refractivity contribution in [2.24, 2.45) is 5.73 Å². The van der Waals surface area contributed by atoms with Crippen LogP contribution in [0.5, 0.6) is 0 Å². The first-order valence-electron chi connectivity index (χ1n) is 6.74. The molecule has 2 rings (SSSR count). The summed E-state index contributed by atoms with van der Waals surface area (Å²) in [6.45, 7) is 2.23. The second kappa shape index (κ2) is 6.76. The highest BCUT2D eigenvalue weighted by molar-refractivity contribution is 5.78. The van der Waals surface area contributed by atoms with Crippen molar-refractivity contribution in [3.05, 3.63) is 35.4 Å². The quantitative estimate of drug-likeness (QED) is 0.867. The molecule has 110 valence electrons. The van der Waals surface area contributed by atoms with Crippen molar-refractivity contribution < 1.29 is 13.6 Å². The Hall–Kier alpha value is -1.53. The molecule has 0 aromatic heterocycles. The summed E-state index contributed by atoms with van der Waals surface area (Å²) in [7, 11) is 0. The lowest BCUT2D eigenvalue weighted by molar-refractivity contribution is -0.120. The molecule has 1 amide bonds. The van der Waals surface area contributed by atoms with Gasteiger partial charge in [0.1, 0.15) is 0 Å². The number of piperidine rings is 1. The van der Waals surface area contributed by atoms with Crippen LogP contribution in [0.4, 0.5) is 8.78 Å². The van der Waals surface area contributed by atoms with E-state index in [1.807, 2.05) is 0 Å². The summed E-state index contributed by atoms with van der Waals surface area (Å²) in [5.41, 5.74) is 6.01. The Labute approximate surface area is 116 Å². The van der Waals surface area contributed by atoms with Crippen LogP contribution < -0.4 is 11.1 Å². The first-order valence-corrected chi connectivity index (χ1v) is 6.74. The van der Waals surface area contributed by atoms with Gasteiger partial charge in [0.25, 0.3) is 0 Å². The van der Waals surface area contributed by atoms with Gasteiger partial charge in [-0.05, 0) is 30.5 Å². The number of halogens is 2. The molecule has 20 heavy (non-hydrogen) atoms. The molecule has 4 nitrogen and oxygen atoms in total. The molecule has 0 radical (unpaired) electrons. The maximum absolute atomic E-state index is 13.1. The minimum Gasteiger partial charge on any atom is -0.352 e. The van der Waals surface area contributed by atoms with Crippen LogP contribution in [0.3, 0.4) is 0 Å². The van der Waals surface area contributed by atoms with Crippen molar-refractivity contribution in [3.63, 3.8) is 0 Å². The average molecular weight is 283 g/mol. The largest absolute Gasteiger partial charge is 0.352 e. The van der Waals surface area contributed by atoms with Gasteiger partial charge in [-0.1, -0.05) is 6.07 Å². The molecule has 0 spiro atoms. The van der Waals surface area contributed by atoms with E-state index >= 15 is 0 Å². The molecule has 0 atom stereocenters. The Balaban J connectivity index is 1.82. The predicted octanol–water partition coefficient (Wildman–Crippen LogP) is 1.00. The van der Waals surface area contributed by atoms with Crippen molar-refractivity contribution in [2.75, 3.05) is 19.6 Å².